The molecule has 8 nitrogen and oxygen atoms in total. The molecule has 1 fully saturated rings. The number of thiazole rings is 1. The number of rotatable bonds is 6. The third-order valence-corrected chi connectivity index (χ3v) is 5.78. The summed E-state index contributed by atoms with van der Waals surface area (Å²) >= 11 is 1.34. The third-order valence-electron chi connectivity index (χ3n) is 4.89. The number of nitrogens with two attached hydrogens (primary N) is 1. The van der Waals surface area contributed by atoms with Crippen molar-refractivity contribution in [1.82, 2.24) is 15.2 Å². The van der Waals surface area contributed by atoms with E-state index < -0.39 is 0 Å². The van der Waals surface area contributed by atoms with Gasteiger partial charge in [0.1, 0.15) is 13.2 Å². The number of ether oxygens (including phenoxy) is 3. The summed E-state index contributed by atoms with van der Waals surface area (Å²) in [6.07, 6.45) is 0.242. The summed E-state index contributed by atoms with van der Waals surface area (Å²) in [5, 5.41) is 3.53. The normalized spacial score (nSPS) is 17.7. The standard InChI is InChI=1S/C20H26N4O4S/c1-13(12-24-4-6-26-7-5-24)22-18(25)11-17-19(23-20(21)29-17)14-2-3-15-16(10-14)28-9-8-27-15/h2-3,10,13H,4-9,11-12H2,1H3,(H2,21,23)(H,22,25). The van der Waals surface area contributed by atoms with Crippen LogP contribution in [-0.4, -0.2) is 67.9 Å². The molecule has 156 valence electrons. The third kappa shape index (κ3) is 4.98. The van der Waals surface area contributed by atoms with Gasteiger partial charge in [-0.3, -0.25) is 9.69 Å². The van der Waals surface area contributed by atoms with E-state index in [1.807, 2.05) is 25.1 Å². The van der Waals surface area contributed by atoms with Crippen LogP contribution >= 0.6 is 11.3 Å². The molecule has 2 aliphatic heterocycles. The molecule has 2 aromatic rings. The van der Waals surface area contributed by atoms with Crippen molar-refractivity contribution in [1.29, 1.82) is 0 Å². The first-order valence-electron chi connectivity index (χ1n) is 9.83. The van der Waals surface area contributed by atoms with Crippen LogP contribution in [0.1, 0.15) is 11.8 Å². The predicted octanol–water partition coefficient (Wildman–Crippen LogP) is 1.54. The molecule has 2 aliphatic rings. The molecule has 3 N–H and O–H groups in total. The molecule has 0 spiro atoms. The summed E-state index contributed by atoms with van der Waals surface area (Å²) in [5.74, 6) is 1.38. The Bertz CT molecular complexity index is 866. The Morgan fingerprint density at radius 3 is 2.79 bits per heavy atom. The minimum absolute atomic E-state index is 0.0341. The molecule has 0 saturated carbocycles. The molecule has 3 heterocycles. The van der Waals surface area contributed by atoms with Crippen molar-refractivity contribution in [3.63, 3.8) is 0 Å². The average Bonchev–Trinajstić information content (AvgIpc) is 3.08. The largest absolute Gasteiger partial charge is 0.486 e. The lowest BCUT2D eigenvalue weighted by atomic mass is 10.1. The molecule has 1 aromatic carbocycles. The van der Waals surface area contributed by atoms with Gasteiger partial charge < -0.3 is 25.3 Å². The molecule has 1 aromatic heterocycles. The highest BCUT2D eigenvalue weighted by molar-refractivity contribution is 7.15. The van der Waals surface area contributed by atoms with E-state index in [0.717, 1.165) is 54.7 Å². The second-order valence-electron chi connectivity index (χ2n) is 7.24. The van der Waals surface area contributed by atoms with Gasteiger partial charge in [-0.15, -0.1) is 11.3 Å². The number of benzene rings is 1. The van der Waals surface area contributed by atoms with Crippen LogP contribution in [0.4, 0.5) is 5.13 Å². The fraction of sp³-hybridized carbons (Fsp3) is 0.500. The van der Waals surface area contributed by atoms with Crippen molar-refractivity contribution < 1.29 is 19.0 Å². The first-order chi connectivity index (χ1) is 14.1. The molecule has 4 rings (SSSR count). The van der Waals surface area contributed by atoms with E-state index in [1.54, 1.807) is 0 Å². The highest BCUT2D eigenvalue weighted by atomic mass is 32.1. The summed E-state index contributed by atoms with van der Waals surface area (Å²) in [7, 11) is 0. The van der Waals surface area contributed by atoms with Crippen LogP contribution in [0, 0.1) is 0 Å². The Labute approximate surface area is 174 Å². The van der Waals surface area contributed by atoms with Gasteiger partial charge in [0.15, 0.2) is 16.6 Å². The molecule has 29 heavy (non-hydrogen) atoms. The summed E-state index contributed by atoms with van der Waals surface area (Å²) in [5.41, 5.74) is 7.55. The summed E-state index contributed by atoms with van der Waals surface area (Å²) in [6, 6.07) is 5.74. The molecule has 1 amide bonds. The van der Waals surface area contributed by atoms with Crippen molar-refractivity contribution in [3.05, 3.63) is 23.1 Å². The number of carbonyl (C=O) groups is 1. The first kappa shape index (κ1) is 19.9. The minimum atomic E-state index is -0.0341. The Morgan fingerprint density at radius 1 is 1.24 bits per heavy atom. The highest BCUT2D eigenvalue weighted by Gasteiger charge is 2.20. The number of aromatic nitrogens is 1. The topological polar surface area (TPSA) is 98.9 Å². The van der Waals surface area contributed by atoms with Crippen LogP contribution in [0.25, 0.3) is 11.3 Å². The quantitative estimate of drug-likeness (QED) is 0.734. The molecule has 1 saturated heterocycles. The van der Waals surface area contributed by atoms with Crippen molar-refractivity contribution in [3.8, 4) is 22.8 Å². The number of morpholine rings is 1. The van der Waals surface area contributed by atoms with Gasteiger partial charge in [-0.2, -0.15) is 0 Å². The van der Waals surface area contributed by atoms with Gasteiger partial charge in [-0.25, -0.2) is 4.98 Å². The zero-order chi connectivity index (χ0) is 20.2. The van der Waals surface area contributed by atoms with Crippen LogP contribution in [0.15, 0.2) is 18.2 Å². The maximum atomic E-state index is 12.6. The number of carbonyl (C=O) groups excluding carboxylic acids is 1. The molecule has 0 bridgehead atoms. The predicted molar refractivity (Wildman–Crippen MR) is 112 cm³/mol. The van der Waals surface area contributed by atoms with Gasteiger partial charge in [0, 0.05) is 36.1 Å². The zero-order valence-corrected chi connectivity index (χ0v) is 17.3. The average molecular weight is 419 g/mol. The van der Waals surface area contributed by atoms with E-state index in [9.17, 15) is 4.79 Å². The Morgan fingerprint density at radius 2 is 2.00 bits per heavy atom. The maximum Gasteiger partial charge on any atom is 0.225 e. The fourth-order valence-electron chi connectivity index (χ4n) is 3.59. The lowest BCUT2D eigenvalue weighted by Gasteiger charge is -2.29. The molecule has 1 atom stereocenters. The maximum absolute atomic E-state index is 12.6. The number of nitrogen functional groups attached to an aromatic ring is 1. The zero-order valence-electron chi connectivity index (χ0n) is 16.5. The van der Waals surface area contributed by atoms with Gasteiger partial charge in [0.05, 0.1) is 25.3 Å². The molecule has 1 unspecified atom stereocenters. The monoisotopic (exact) mass is 418 g/mol. The first-order valence-corrected chi connectivity index (χ1v) is 10.6. The SMILES string of the molecule is CC(CN1CCOCC1)NC(=O)Cc1sc(N)nc1-c1ccc2c(c1)OCCO2. The molecule has 9 heteroatoms. The Kier molecular flexibility index (Phi) is 6.17. The van der Waals surface area contributed by atoms with Crippen molar-refractivity contribution in [2.75, 3.05) is 51.8 Å². The van der Waals surface area contributed by atoms with E-state index >= 15 is 0 Å². The number of amides is 1. The van der Waals surface area contributed by atoms with Crippen molar-refractivity contribution >= 4 is 22.4 Å². The van der Waals surface area contributed by atoms with Gasteiger partial charge in [0.2, 0.25) is 5.91 Å². The molecule has 0 aliphatic carbocycles. The summed E-state index contributed by atoms with van der Waals surface area (Å²) < 4.78 is 16.6. The van der Waals surface area contributed by atoms with Crippen LogP contribution in [-0.2, 0) is 16.0 Å². The fourth-order valence-corrected chi connectivity index (χ4v) is 4.45. The van der Waals surface area contributed by atoms with Crippen LogP contribution < -0.4 is 20.5 Å². The van der Waals surface area contributed by atoms with Gasteiger partial charge >= 0.3 is 0 Å². The number of hydrogen-bond donors (Lipinski definition) is 2. The summed E-state index contributed by atoms with van der Waals surface area (Å²) in [4.78, 5) is 20.2. The highest BCUT2D eigenvalue weighted by Crippen LogP contribution is 2.37. The summed E-state index contributed by atoms with van der Waals surface area (Å²) in [6.45, 7) is 7.21. The number of hydrogen-bond acceptors (Lipinski definition) is 8. The molecule has 0 radical (unpaired) electrons. The smallest absolute Gasteiger partial charge is 0.225 e. The lowest BCUT2D eigenvalue weighted by molar-refractivity contribution is -0.121. The van der Waals surface area contributed by atoms with Gasteiger partial charge in [-0.05, 0) is 25.1 Å². The van der Waals surface area contributed by atoms with E-state index in [1.165, 1.54) is 11.3 Å². The second kappa shape index (κ2) is 8.98. The van der Waals surface area contributed by atoms with Gasteiger partial charge in [0.25, 0.3) is 0 Å². The molecular formula is C20H26N4O4S. The van der Waals surface area contributed by atoms with E-state index in [2.05, 4.69) is 15.2 Å². The van der Waals surface area contributed by atoms with Crippen molar-refractivity contribution in [2.24, 2.45) is 0 Å². The van der Waals surface area contributed by atoms with Crippen LogP contribution in [0.5, 0.6) is 11.5 Å². The van der Waals surface area contributed by atoms with E-state index in [0.29, 0.717) is 24.1 Å². The van der Waals surface area contributed by atoms with E-state index in [-0.39, 0.29) is 18.4 Å². The Balaban J connectivity index is 1.42. The minimum Gasteiger partial charge on any atom is -0.486 e. The Hall–Kier alpha value is -2.36. The van der Waals surface area contributed by atoms with Crippen LogP contribution in [0.2, 0.25) is 0 Å². The second-order valence-corrected chi connectivity index (χ2v) is 8.36. The number of anilines is 1. The molecular weight excluding hydrogens is 392 g/mol. The number of nitrogens with one attached hydrogen (secondary N) is 1. The number of fused-ring (bicyclic) bond motifs is 1. The number of nitrogens with zero attached hydrogens (tertiary/aromatic N) is 2. The van der Waals surface area contributed by atoms with E-state index in [4.69, 9.17) is 19.9 Å². The van der Waals surface area contributed by atoms with Crippen molar-refractivity contribution in [2.45, 2.75) is 19.4 Å². The van der Waals surface area contributed by atoms with Gasteiger partial charge in [-0.1, -0.05) is 0 Å². The van der Waals surface area contributed by atoms with Crippen LogP contribution in [0.3, 0.4) is 0 Å². The lowest BCUT2D eigenvalue weighted by Crippen LogP contribution is -2.46.